The van der Waals surface area contributed by atoms with Gasteiger partial charge in [0.05, 0.1) is 6.54 Å². The molecule has 0 unspecified atom stereocenters. The third kappa shape index (κ3) is 4.05. The molecule has 0 amide bonds. The van der Waals surface area contributed by atoms with Gasteiger partial charge in [-0.15, -0.1) is 20.4 Å². The number of benzene rings is 2. The van der Waals surface area contributed by atoms with Gasteiger partial charge >= 0.3 is 6.43 Å². The fourth-order valence-corrected chi connectivity index (χ4v) is 2.66. The Labute approximate surface area is 163 Å². The summed E-state index contributed by atoms with van der Waals surface area (Å²) in [6.45, 7) is 1.85. The van der Waals surface area contributed by atoms with Crippen LogP contribution in [0, 0.1) is 0 Å². The van der Waals surface area contributed by atoms with Gasteiger partial charge in [-0.1, -0.05) is 30.3 Å². The lowest BCUT2D eigenvalue weighted by atomic mass is 10.1. The Morgan fingerprint density at radius 3 is 2.55 bits per heavy atom. The Bertz CT molecular complexity index is 1150. The Morgan fingerprint density at radius 2 is 1.86 bits per heavy atom. The third-order valence-electron chi connectivity index (χ3n) is 4.13. The molecule has 10 heteroatoms. The van der Waals surface area contributed by atoms with Crippen molar-refractivity contribution in [1.29, 1.82) is 0 Å². The van der Waals surface area contributed by atoms with E-state index in [1.165, 1.54) is 11.7 Å². The van der Waals surface area contributed by atoms with Crippen molar-refractivity contribution in [2.75, 3.05) is 0 Å². The van der Waals surface area contributed by atoms with Crippen LogP contribution in [0.2, 0.25) is 0 Å². The van der Waals surface area contributed by atoms with Gasteiger partial charge < -0.3 is 4.42 Å². The van der Waals surface area contributed by atoms with Crippen molar-refractivity contribution in [1.82, 2.24) is 30.4 Å². The average Bonchev–Trinajstić information content (AvgIpc) is 3.39. The molecule has 8 nitrogen and oxygen atoms in total. The predicted octanol–water partition coefficient (Wildman–Crippen LogP) is 3.58. The van der Waals surface area contributed by atoms with Gasteiger partial charge in [-0.3, -0.25) is 4.79 Å². The van der Waals surface area contributed by atoms with Gasteiger partial charge in [-0.2, -0.15) is 13.6 Å². The molecule has 0 fully saturated rings. The molecule has 146 valence electrons. The molecule has 0 atom stereocenters. The number of hydrogen-bond acceptors (Lipinski definition) is 7. The maximum atomic E-state index is 12.6. The highest BCUT2D eigenvalue weighted by Gasteiger charge is 2.17. The molecule has 0 aliphatic carbocycles. The first-order valence-electron chi connectivity index (χ1n) is 8.59. The number of aromatic nitrogens is 6. The summed E-state index contributed by atoms with van der Waals surface area (Å²) in [6.07, 6.45) is -2.81. The zero-order chi connectivity index (χ0) is 20.4. The number of alkyl halides is 2. The molecule has 0 aliphatic heterocycles. The first-order valence-corrected chi connectivity index (χ1v) is 8.59. The summed E-state index contributed by atoms with van der Waals surface area (Å²) >= 11 is 0. The highest BCUT2D eigenvalue weighted by atomic mass is 19.3. The molecular weight excluding hydrogens is 382 g/mol. The van der Waals surface area contributed by atoms with Crippen molar-refractivity contribution in [3.8, 4) is 22.8 Å². The van der Waals surface area contributed by atoms with E-state index in [1.807, 2.05) is 0 Å². The van der Waals surface area contributed by atoms with Crippen LogP contribution in [0.1, 0.15) is 35.2 Å². The van der Waals surface area contributed by atoms with Crippen LogP contribution in [0.25, 0.3) is 22.8 Å². The standard InChI is InChI=1S/C19H14F2N6O2/c1-11(28)14-3-2-4-15(9-14)17-22-26-27(25-17)10-12-5-7-13(8-6-12)18-23-24-19(29-18)16(20)21/h2-9,16H,10H2,1H3. The second kappa shape index (κ2) is 7.66. The number of Topliss-reactive ketones (excluding diaryl/α,β-unsaturated/α-hetero) is 1. The van der Waals surface area contributed by atoms with Gasteiger partial charge in [0.2, 0.25) is 11.7 Å². The molecule has 0 N–H and O–H groups in total. The summed E-state index contributed by atoms with van der Waals surface area (Å²) in [5.74, 6) is -0.313. The lowest BCUT2D eigenvalue weighted by Crippen LogP contribution is -2.04. The normalized spacial score (nSPS) is 11.2. The van der Waals surface area contributed by atoms with Crippen LogP contribution in [-0.4, -0.2) is 36.2 Å². The largest absolute Gasteiger partial charge is 0.415 e. The molecule has 0 bridgehead atoms. The van der Waals surface area contributed by atoms with Crippen LogP contribution in [0.3, 0.4) is 0 Å². The molecule has 29 heavy (non-hydrogen) atoms. The predicted molar refractivity (Wildman–Crippen MR) is 97.1 cm³/mol. The van der Waals surface area contributed by atoms with Gasteiger partial charge in [0.1, 0.15) is 0 Å². The number of hydrogen-bond donors (Lipinski definition) is 0. The summed E-state index contributed by atoms with van der Waals surface area (Å²) < 4.78 is 30.0. The fourth-order valence-electron chi connectivity index (χ4n) is 2.66. The molecule has 2 aromatic carbocycles. The topological polar surface area (TPSA) is 99.6 Å². The van der Waals surface area contributed by atoms with E-state index in [4.69, 9.17) is 4.42 Å². The molecule has 4 aromatic rings. The maximum absolute atomic E-state index is 12.6. The van der Waals surface area contributed by atoms with Gasteiger partial charge in [0.25, 0.3) is 5.89 Å². The van der Waals surface area contributed by atoms with E-state index in [0.29, 0.717) is 29.1 Å². The van der Waals surface area contributed by atoms with Crippen molar-refractivity contribution >= 4 is 5.78 Å². The van der Waals surface area contributed by atoms with E-state index in [-0.39, 0.29) is 11.7 Å². The molecule has 0 spiro atoms. The van der Waals surface area contributed by atoms with Crippen LogP contribution >= 0.6 is 0 Å². The zero-order valence-corrected chi connectivity index (χ0v) is 15.2. The van der Waals surface area contributed by atoms with E-state index in [9.17, 15) is 13.6 Å². The molecule has 0 saturated heterocycles. The van der Waals surface area contributed by atoms with E-state index >= 15 is 0 Å². The van der Waals surface area contributed by atoms with E-state index in [0.717, 1.165) is 5.56 Å². The number of carbonyl (C=O) groups is 1. The van der Waals surface area contributed by atoms with Crippen molar-refractivity contribution in [3.63, 3.8) is 0 Å². The molecular formula is C19H14F2N6O2. The van der Waals surface area contributed by atoms with Crippen molar-refractivity contribution in [3.05, 3.63) is 65.5 Å². The summed E-state index contributed by atoms with van der Waals surface area (Å²) in [5.41, 5.74) is 2.67. The second-order valence-corrected chi connectivity index (χ2v) is 6.22. The average molecular weight is 396 g/mol. The smallest absolute Gasteiger partial charge is 0.314 e. The van der Waals surface area contributed by atoms with Crippen LogP contribution in [0.15, 0.2) is 52.9 Å². The lowest BCUT2D eigenvalue weighted by molar-refractivity contribution is 0.101. The van der Waals surface area contributed by atoms with E-state index < -0.39 is 12.3 Å². The highest BCUT2D eigenvalue weighted by molar-refractivity contribution is 5.95. The Kier molecular flexibility index (Phi) is 4.90. The quantitative estimate of drug-likeness (QED) is 0.459. The molecule has 2 aromatic heterocycles. The number of tetrazole rings is 1. The summed E-state index contributed by atoms with van der Waals surface area (Å²) in [4.78, 5) is 12.9. The SMILES string of the molecule is CC(=O)c1cccc(-c2nnn(Cc3ccc(-c4nnc(C(F)F)o4)cc3)n2)c1. The van der Waals surface area contributed by atoms with Crippen LogP contribution in [0.4, 0.5) is 8.78 Å². The van der Waals surface area contributed by atoms with E-state index in [1.54, 1.807) is 48.5 Å². The minimum absolute atomic E-state index is 0.0263. The van der Waals surface area contributed by atoms with E-state index in [2.05, 4.69) is 25.6 Å². The molecule has 0 aliphatic rings. The number of nitrogens with zero attached hydrogens (tertiary/aromatic N) is 6. The summed E-state index contributed by atoms with van der Waals surface area (Å²) in [6, 6.07) is 14.0. The number of carbonyl (C=O) groups excluding carboxylic acids is 1. The van der Waals surface area contributed by atoms with Gasteiger partial charge in [-0.05, 0) is 35.9 Å². The van der Waals surface area contributed by atoms with Gasteiger partial charge in [-0.25, -0.2) is 0 Å². The molecule has 4 rings (SSSR count). The summed E-state index contributed by atoms with van der Waals surface area (Å²) in [5, 5.41) is 19.3. The first-order chi connectivity index (χ1) is 14.0. The van der Waals surface area contributed by atoms with Crippen molar-refractivity contribution in [2.45, 2.75) is 19.9 Å². The van der Waals surface area contributed by atoms with Crippen LogP contribution in [0.5, 0.6) is 0 Å². The Morgan fingerprint density at radius 1 is 1.07 bits per heavy atom. The van der Waals surface area contributed by atoms with Crippen LogP contribution < -0.4 is 0 Å². The van der Waals surface area contributed by atoms with Crippen LogP contribution in [-0.2, 0) is 6.54 Å². The van der Waals surface area contributed by atoms with Gasteiger partial charge in [0.15, 0.2) is 5.78 Å². The second-order valence-electron chi connectivity index (χ2n) is 6.22. The van der Waals surface area contributed by atoms with Gasteiger partial charge in [0, 0.05) is 16.7 Å². The fraction of sp³-hybridized carbons (Fsp3) is 0.158. The molecule has 0 radical (unpaired) electrons. The third-order valence-corrected chi connectivity index (χ3v) is 4.13. The van der Waals surface area contributed by atoms with Crippen molar-refractivity contribution in [2.24, 2.45) is 0 Å². The first kappa shape index (κ1) is 18.5. The molecule has 0 saturated carbocycles. The molecule has 2 heterocycles. The maximum Gasteiger partial charge on any atom is 0.314 e. The van der Waals surface area contributed by atoms with Crippen molar-refractivity contribution < 1.29 is 18.0 Å². The zero-order valence-electron chi connectivity index (χ0n) is 15.2. The number of rotatable bonds is 6. The number of ketones is 1. The monoisotopic (exact) mass is 396 g/mol. The summed E-state index contributed by atoms with van der Waals surface area (Å²) in [7, 11) is 0. The Balaban J connectivity index is 1.49. The highest BCUT2D eigenvalue weighted by Crippen LogP contribution is 2.23. The number of halogens is 2. The minimum atomic E-state index is -2.81. The lowest BCUT2D eigenvalue weighted by Gasteiger charge is -2.01. The minimum Gasteiger partial charge on any atom is -0.415 e. The Hall–Kier alpha value is -3.82.